The molecule has 0 aliphatic heterocycles. The number of fused-ring (bicyclic) bond motifs is 1. The van der Waals surface area contributed by atoms with Crippen molar-refractivity contribution >= 4 is 22.7 Å². The molecule has 0 amide bonds. The summed E-state index contributed by atoms with van der Waals surface area (Å²) in [7, 11) is 0. The summed E-state index contributed by atoms with van der Waals surface area (Å²) in [6.07, 6.45) is 4.86. The number of hydrogen-bond acceptors (Lipinski definition) is 4. The molecule has 1 fully saturated rings. The molecule has 4 nitrogen and oxygen atoms in total. The summed E-state index contributed by atoms with van der Waals surface area (Å²) in [5, 5.41) is 7.77. The molecule has 1 saturated carbocycles. The fraction of sp³-hybridized carbons (Fsp3) is 0.300. The summed E-state index contributed by atoms with van der Waals surface area (Å²) in [5.41, 5.74) is 1.78. The minimum absolute atomic E-state index is 0.226. The van der Waals surface area contributed by atoms with E-state index in [1.54, 1.807) is 6.07 Å². The van der Waals surface area contributed by atoms with Gasteiger partial charge in [-0.2, -0.15) is 4.98 Å². The third kappa shape index (κ3) is 3.71. The topological polar surface area (TPSA) is 49.8 Å². The SMILES string of the molecule is Fc1cccc(CNc2nc(NC3CCCC3)nc3ccccc23)c1. The molecule has 0 spiro atoms. The molecule has 128 valence electrons. The van der Waals surface area contributed by atoms with Crippen molar-refractivity contribution in [1.29, 1.82) is 0 Å². The third-order valence-corrected chi connectivity index (χ3v) is 4.64. The van der Waals surface area contributed by atoms with E-state index in [9.17, 15) is 4.39 Å². The zero-order chi connectivity index (χ0) is 17.1. The van der Waals surface area contributed by atoms with Crippen LogP contribution < -0.4 is 10.6 Å². The van der Waals surface area contributed by atoms with Crippen LogP contribution in [0.4, 0.5) is 16.2 Å². The van der Waals surface area contributed by atoms with Gasteiger partial charge in [0.05, 0.1) is 5.52 Å². The van der Waals surface area contributed by atoms with Crippen LogP contribution in [0.5, 0.6) is 0 Å². The molecule has 25 heavy (non-hydrogen) atoms. The van der Waals surface area contributed by atoms with Crippen molar-refractivity contribution in [3.63, 3.8) is 0 Å². The van der Waals surface area contributed by atoms with Crippen molar-refractivity contribution in [2.24, 2.45) is 0 Å². The molecule has 2 aromatic carbocycles. The molecule has 3 aromatic rings. The van der Waals surface area contributed by atoms with Crippen LogP contribution in [-0.4, -0.2) is 16.0 Å². The normalized spacial score (nSPS) is 14.8. The number of anilines is 2. The Balaban J connectivity index is 1.61. The van der Waals surface area contributed by atoms with Gasteiger partial charge in [0.15, 0.2) is 0 Å². The lowest BCUT2D eigenvalue weighted by atomic mass is 10.2. The number of aromatic nitrogens is 2. The molecule has 1 aromatic heterocycles. The standard InChI is InChI=1S/C20H21FN4/c21-15-7-5-6-14(12-15)13-22-19-17-10-3-4-11-18(17)24-20(25-19)23-16-8-1-2-9-16/h3-7,10-12,16H,1-2,8-9,13H2,(H2,22,23,24,25). The first-order chi connectivity index (χ1) is 12.3. The Bertz CT molecular complexity index is 874. The lowest BCUT2D eigenvalue weighted by molar-refractivity contribution is 0.626. The predicted octanol–water partition coefficient (Wildman–Crippen LogP) is 4.74. The molecular formula is C20H21FN4. The highest BCUT2D eigenvalue weighted by Gasteiger charge is 2.16. The summed E-state index contributed by atoms with van der Waals surface area (Å²) in [5.74, 6) is 1.21. The quantitative estimate of drug-likeness (QED) is 0.707. The number of para-hydroxylation sites is 1. The highest BCUT2D eigenvalue weighted by atomic mass is 19.1. The predicted molar refractivity (Wildman–Crippen MR) is 99.1 cm³/mol. The Kier molecular flexibility index (Phi) is 4.46. The number of hydrogen-bond donors (Lipinski definition) is 2. The van der Waals surface area contributed by atoms with Crippen LogP contribution in [0.3, 0.4) is 0 Å². The Labute approximate surface area is 146 Å². The molecule has 0 unspecified atom stereocenters. The first kappa shape index (κ1) is 15.8. The van der Waals surface area contributed by atoms with Crippen molar-refractivity contribution in [2.45, 2.75) is 38.3 Å². The average molecular weight is 336 g/mol. The maximum absolute atomic E-state index is 13.4. The van der Waals surface area contributed by atoms with Crippen LogP contribution in [0.2, 0.25) is 0 Å². The summed E-state index contributed by atoms with van der Waals surface area (Å²) >= 11 is 0. The fourth-order valence-electron chi connectivity index (χ4n) is 3.36. The number of rotatable bonds is 5. The van der Waals surface area contributed by atoms with Crippen LogP contribution in [0.1, 0.15) is 31.2 Å². The number of nitrogens with one attached hydrogen (secondary N) is 2. The van der Waals surface area contributed by atoms with Gasteiger partial charge in [-0.1, -0.05) is 37.1 Å². The van der Waals surface area contributed by atoms with Gasteiger partial charge < -0.3 is 10.6 Å². The summed E-state index contributed by atoms with van der Waals surface area (Å²) in [6.45, 7) is 0.516. The fourth-order valence-corrected chi connectivity index (χ4v) is 3.36. The number of benzene rings is 2. The minimum atomic E-state index is -0.226. The summed E-state index contributed by atoms with van der Waals surface area (Å²) in [6, 6.07) is 15.0. The van der Waals surface area contributed by atoms with Gasteiger partial charge in [0.25, 0.3) is 0 Å². The van der Waals surface area contributed by atoms with E-state index in [4.69, 9.17) is 0 Å². The second kappa shape index (κ2) is 7.05. The molecule has 0 bridgehead atoms. The van der Waals surface area contributed by atoms with Gasteiger partial charge in [-0.25, -0.2) is 9.37 Å². The first-order valence-electron chi connectivity index (χ1n) is 8.79. The van der Waals surface area contributed by atoms with E-state index in [0.29, 0.717) is 18.5 Å². The highest BCUT2D eigenvalue weighted by molar-refractivity contribution is 5.90. The first-order valence-corrected chi connectivity index (χ1v) is 8.79. The molecular weight excluding hydrogens is 315 g/mol. The van der Waals surface area contributed by atoms with E-state index in [1.165, 1.54) is 37.8 Å². The van der Waals surface area contributed by atoms with E-state index < -0.39 is 0 Å². The van der Waals surface area contributed by atoms with Crippen LogP contribution in [-0.2, 0) is 6.54 Å². The van der Waals surface area contributed by atoms with E-state index in [-0.39, 0.29) is 5.82 Å². The monoisotopic (exact) mass is 336 g/mol. The van der Waals surface area contributed by atoms with Gasteiger partial charge >= 0.3 is 0 Å². The Hall–Kier alpha value is -2.69. The van der Waals surface area contributed by atoms with Gasteiger partial charge in [-0.3, -0.25) is 0 Å². The zero-order valence-electron chi connectivity index (χ0n) is 14.0. The van der Waals surface area contributed by atoms with Gasteiger partial charge in [0.2, 0.25) is 5.95 Å². The van der Waals surface area contributed by atoms with Gasteiger partial charge in [-0.05, 0) is 42.7 Å². The van der Waals surface area contributed by atoms with Crippen LogP contribution in [0.15, 0.2) is 48.5 Å². The summed E-state index contributed by atoms with van der Waals surface area (Å²) in [4.78, 5) is 9.32. The smallest absolute Gasteiger partial charge is 0.225 e. The van der Waals surface area contributed by atoms with Gasteiger partial charge in [-0.15, -0.1) is 0 Å². The molecule has 1 aliphatic carbocycles. The zero-order valence-corrected chi connectivity index (χ0v) is 14.0. The molecule has 1 heterocycles. The highest BCUT2D eigenvalue weighted by Crippen LogP contribution is 2.25. The van der Waals surface area contributed by atoms with Crippen molar-refractivity contribution in [2.75, 3.05) is 10.6 Å². The lowest BCUT2D eigenvalue weighted by Crippen LogP contribution is -2.17. The van der Waals surface area contributed by atoms with Crippen molar-refractivity contribution < 1.29 is 4.39 Å². The van der Waals surface area contributed by atoms with Crippen molar-refractivity contribution in [3.05, 3.63) is 59.9 Å². The minimum Gasteiger partial charge on any atom is -0.365 e. The van der Waals surface area contributed by atoms with Crippen molar-refractivity contribution in [1.82, 2.24) is 9.97 Å². The third-order valence-electron chi connectivity index (χ3n) is 4.64. The summed E-state index contributed by atoms with van der Waals surface area (Å²) < 4.78 is 13.4. The van der Waals surface area contributed by atoms with E-state index in [2.05, 4.69) is 20.6 Å². The van der Waals surface area contributed by atoms with E-state index in [0.717, 1.165) is 22.3 Å². The van der Waals surface area contributed by atoms with Crippen LogP contribution in [0.25, 0.3) is 10.9 Å². The second-order valence-corrected chi connectivity index (χ2v) is 6.52. The Morgan fingerprint density at radius 3 is 2.68 bits per heavy atom. The maximum atomic E-state index is 13.4. The van der Waals surface area contributed by atoms with Crippen LogP contribution >= 0.6 is 0 Å². The van der Waals surface area contributed by atoms with Gasteiger partial charge in [0.1, 0.15) is 11.6 Å². The van der Waals surface area contributed by atoms with E-state index in [1.807, 2.05) is 30.3 Å². The number of nitrogens with zero attached hydrogens (tertiary/aromatic N) is 2. The molecule has 5 heteroatoms. The molecule has 0 saturated heterocycles. The molecule has 0 atom stereocenters. The molecule has 4 rings (SSSR count). The molecule has 1 aliphatic rings. The van der Waals surface area contributed by atoms with Gasteiger partial charge in [0, 0.05) is 18.0 Å². The Morgan fingerprint density at radius 1 is 1.00 bits per heavy atom. The molecule has 2 N–H and O–H groups in total. The Morgan fingerprint density at radius 2 is 1.84 bits per heavy atom. The lowest BCUT2D eigenvalue weighted by Gasteiger charge is -2.15. The molecule has 0 radical (unpaired) electrons. The second-order valence-electron chi connectivity index (χ2n) is 6.52. The van der Waals surface area contributed by atoms with Crippen molar-refractivity contribution in [3.8, 4) is 0 Å². The number of halogens is 1. The largest absolute Gasteiger partial charge is 0.365 e. The van der Waals surface area contributed by atoms with E-state index >= 15 is 0 Å². The maximum Gasteiger partial charge on any atom is 0.225 e. The van der Waals surface area contributed by atoms with Crippen LogP contribution in [0, 0.1) is 5.82 Å². The average Bonchev–Trinajstić information content (AvgIpc) is 3.13.